The van der Waals surface area contributed by atoms with E-state index in [1.54, 1.807) is 0 Å². The third kappa shape index (κ3) is 5.22. The largest absolute Gasteiger partial charge is 0.411 e. The van der Waals surface area contributed by atoms with Crippen molar-refractivity contribution in [3.8, 4) is 0 Å². The highest BCUT2D eigenvalue weighted by molar-refractivity contribution is 5.00. The molecule has 0 radical (unpaired) electrons. The van der Waals surface area contributed by atoms with Gasteiger partial charge in [0.1, 0.15) is 6.61 Å². The molecule has 118 valence electrons. The Labute approximate surface area is 118 Å². The summed E-state index contributed by atoms with van der Waals surface area (Å²) in [4.78, 5) is 2.37. The second-order valence-corrected chi connectivity index (χ2v) is 6.27. The third-order valence-electron chi connectivity index (χ3n) is 4.24. The van der Waals surface area contributed by atoms with Gasteiger partial charge in [0.25, 0.3) is 0 Å². The van der Waals surface area contributed by atoms with Crippen LogP contribution in [-0.4, -0.2) is 56.0 Å². The highest BCUT2D eigenvalue weighted by Gasteiger charge is 2.42. The maximum absolute atomic E-state index is 11.9. The fraction of sp³-hybridized carbons (Fsp3) is 1.00. The summed E-state index contributed by atoms with van der Waals surface area (Å²) in [6.07, 6.45) is 0.150. The lowest BCUT2D eigenvalue weighted by atomic mass is 9.95. The van der Waals surface area contributed by atoms with E-state index in [0.29, 0.717) is 6.42 Å². The van der Waals surface area contributed by atoms with Gasteiger partial charge >= 0.3 is 6.18 Å². The Morgan fingerprint density at radius 3 is 2.75 bits per heavy atom. The van der Waals surface area contributed by atoms with Gasteiger partial charge in [-0.25, -0.2) is 0 Å². The lowest BCUT2D eigenvalue weighted by Crippen LogP contribution is -2.51. The number of hydrogen-bond donors (Lipinski definition) is 1. The zero-order valence-electron chi connectivity index (χ0n) is 12.1. The summed E-state index contributed by atoms with van der Waals surface area (Å²) in [6, 6.07) is 0. The van der Waals surface area contributed by atoms with Crippen LogP contribution in [0, 0.1) is 5.92 Å². The molecule has 1 saturated carbocycles. The summed E-state index contributed by atoms with van der Waals surface area (Å²) in [5, 5.41) is 3.65. The van der Waals surface area contributed by atoms with E-state index in [9.17, 15) is 13.2 Å². The Morgan fingerprint density at radius 1 is 1.35 bits per heavy atom. The molecule has 0 aromatic rings. The summed E-state index contributed by atoms with van der Waals surface area (Å²) >= 11 is 0. The zero-order valence-corrected chi connectivity index (χ0v) is 12.1. The second kappa shape index (κ2) is 6.62. The van der Waals surface area contributed by atoms with E-state index in [1.165, 1.54) is 12.8 Å². The molecule has 0 amide bonds. The molecule has 0 bridgehead atoms. The van der Waals surface area contributed by atoms with Crippen LogP contribution in [0.3, 0.4) is 0 Å². The van der Waals surface area contributed by atoms with Gasteiger partial charge in [-0.3, -0.25) is 0 Å². The van der Waals surface area contributed by atoms with Crippen LogP contribution in [0.4, 0.5) is 13.2 Å². The first kappa shape index (κ1) is 16.0. The van der Waals surface area contributed by atoms with Crippen molar-refractivity contribution in [3.05, 3.63) is 0 Å². The van der Waals surface area contributed by atoms with Crippen LogP contribution in [0.5, 0.6) is 0 Å². The van der Waals surface area contributed by atoms with E-state index >= 15 is 0 Å². The van der Waals surface area contributed by atoms with E-state index < -0.39 is 12.8 Å². The normalized spacial score (nSPS) is 29.4. The van der Waals surface area contributed by atoms with Crippen molar-refractivity contribution < 1.29 is 17.9 Å². The number of halogens is 3. The molecule has 0 aromatic carbocycles. The SMILES string of the molecule is CC1(C2CC2)CN(CCCOCC(F)(F)F)CCCN1. The van der Waals surface area contributed by atoms with E-state index in [1.807, 2.05) is 0 Å². The molecule has 1 saturated heterocycles. The van der Waals surface area contributed by atoms with Gasteiger partial charge in [-0.2, -0.15) is 13.2 Å². The molecule has 3 nitrogen and oxygen atoms in total. The molecule has 2 rings (SSSR count). The molecule has 1 unspecified atom stereocenters. The average molecular weight is 294 g/mol. The Balaban J connectivity index is 1.66. The minimum atomic E-state index is -4.21. The predicted octanol–water partition coefficient (Wildman–Crippen LogP) is 2.42. The van der Waals surface area contributed by atoms with Gasteiger partial charge < -0.3 is 15.0 Å². The molecule has 0 spiro atoms. The highest BCUT2D eigenvalue weighted by Crippen LogP contribution is 2.40. The number of nitrogens with one attached hydrogen (secondary N) is 1. The predicted molar refractivity (Wildman–Crippen MR) is 71.7 cm³/mol. The molecule has 2 aliphatic rings. The number of alkyl halides is 3. The van der Waals surface area contributed by atoms with E-state index in [4.69, 9.17) is 0 Å². The Bertz CT molecular complexity index is 307. The maximum atomic E-state index is 11.9. The standard InChI is InChI=1S/C14H25F3N2O/c1-13(12-4-5-12)10-19(7-2-6-18-13)8-3-9-20-11-14(15,16)17/h12,18H,2-11H2,1H3. The van der Waals surface area contributed by atoms with Crippen molar-refractivity contribution in [1.82, 2.24) is 10.2 Å². The van der Waals surface area contributed by atoms with Crippen LogP contribution in [-0.2, 0) is 4.74 Å². The number of rotatable bonds is 6. The maximum Gasteiger partial charge on any atom is 0.411 e. The van der Waals surface area contributed by atoms with Gasteiger partial charge in [-0.1, -0.05) is 0 Å². The summed E-state index contributed by atoms with van der Waals surface area (Å²) < 4.78 is 40.5. The number of ether oxygens (including phenoxy) is 1. The van der Waals surface area contributed by atoms with Crippen molar-refractivity contribution in [1.29, 1.82) is 0 Å². The quantitative estimate of drug-likeness (QED) is 0.761. The smallest absolute Gasteiger partial charge is 0.372 e. The molecule has 1 aliphatic heterocycles. The third-order valence-corrected chi connectivity index (χ3v) is 4.24. The molecule has 6 heteroatoms. The minimum Gasteiger partial charge on any atom is -0.372 e. The Morgan fingerprint density at radius 2 is 2.10 bits per heavy atom. The second-order valence-electron chi connectivity index (χ2n) is 6.27. The van der Waals surface area contributed by atoms with E-state index in [-0.39, 0.29) is 12.1 Å². The summed E-state index contributed by atoms with van der Waals surface area (Å²) in [7, 11) is 0. The molecule has 1 atom stereocenters. The molecule has 20 heavy (non-hydrogen) atoms. The van der Waals surface area contributed by atoms with Gasteiger partial charge in [0.2, 0.25) is 0 Å². The molecular weight excluding hydrogens is 269 g/mol. The first-order chi connectivity index (χ1) is 9.39. The topological polar surface area (TPSA) is 24.5 Å². The van der Waals surface area contributed by atoms with Gasteiger partial charge in [0, 0.05) is 25.2 Å². The van der Waals surface area contributed by atoms with Gasteiger partial charge in [0.15, 0.2) is 0 Å². The fourth-order valence-electron chi connectivity index (χ4n) is 3.04. The van der Waals surface area contributed by atoms with Crippen LogP contribution in [0.25, 0.3) is 0 Å². The van der Waals surface area contributed by atoms with Gasteiger partial charge in [-0.15, -0.1) is 0 Å². The van der Waals surface area contributed by atoms with Crippen LogP contribution in [0.2, 0.25) is 0 Å². The first-order valence-electron chi connectivity index (χ1n) is 7.51. The van der Waals surface area contributed by atoms with Crippen LogP contribution >= 0.6 is 0 Å². The number of nitrogens with zero attached hydrogens (tertiary/aromatic N) is 1. The molecule has 0 aromatic heterocycles. The van der Waals surface area contributed by atoms with E-state index in [0.717, 1.165) is 38.5 Å². The lowest BCUT2D eigenvalue weighted by Gasteiger charge is -2.34. The van der Waals surface area contributed by atoms with Gasteiger partial charge in [0.05, 0.1) is 0 Å². The van der Waals surface area contributed by atoms with Crippen molar-refractivity contribution in [2.45, 2.75) is 44.3 Å². The summed E-state index contributed by atoms with van der Waals surface area (Å²) in [5.41, 5.74) is 0.184. The number of hydrogen-bond acceptors (Lipinski definition) is 3. The summed E-state index contributed by atoms with van der Waals surface area (Å²) in [6.45, 7) is 5.21. The fourth-order valence-corrected chi connectivity index (χ4v) is 3.04. The molecule has 1 N–H and O–H groups in total. The zero-order chi connectivity index (χ0) is 14.6. The van der Waals surface area contributed by atoms with Crippen LogP contribution in [0.15, 0.2) is 0 Å². The lowest BCUT2D eigenvalue weighted by molar-refractivity contribution is -0.174. The van der Waals surface area contributed by atoms with Crippen molar-refractivity contribution in [2.24, 2.45) is 5.92 Å². The summed E-state index contributed by atoms with van der Waals surface area (Å²) in [5.74, 6) is 0.768. The first-order valence-corrected chi connectivity index (χ1v) is 7.51. The van der Waals surface area contributed by atoms with Crippen molar-refractivity contribution >= 4 is 0 Å². The molecular formula is C14H25F3N2O. The molecule has 2 fully saturated rings. The van der Waals surface area contributed by atoms with Crippen LogP contribution < -0.4 is 5.32 Å². The highest BCUT2D eigenvalue weighted by atomic mass is 19.4. The van der Waals surface area contributed by atoms with Crippen molar-refractivity contribution in [2.75, 3.05) is 39.4 Å². The minimum absolute atomic E-state index is 0.184. The molecule has 1 heterocycles. The van der Waals surface area contributed by atoms with Crippen LogP contribution in [0.1, 0.15) is 32.6 Å². The Kier molecular flexibility index (Phi) is 5.31. The monoisotopic (exact) mass is 294 g/mol. The van der Waals surface area contributed by atoms with Crippen molar-refractivity contribution in [3.63, 3.8) is 0 Å². The molecule has 1 aliphatic carbocycles. The van der Waals surface area contributed by atoms with Gasteiger partial charge in [-0.05, 0) is 51.6 Å². The Hall–Kier alpha value is -0.330. The average Bonchev–Trinajstić information content (AvgIpc) is 3.15. The van der Waals surface area contributed by atoms with E-state index in [2.05, 4.69) is 21.9 Å².